The maximum atomic E-state index is 11.3. The number of carbonyl (C=O) groups excluding carboxylic acids is 1. The monoisotopic (exact) mass is 268 g/mol. The molecule has 100 valence electrons. The summed E-state index contributed by atoms with van der Waals surface area (Å²) in [4.78, 5) is 11.3. The third kappa shape index (κ3) is 3.29. The van der Waals surface area contributed by atoms with Crippen molar-refractivity contribution in [2.75, 3.05) is 5.75 Å². The molecule has 1 heterocycles. The molecule has 1 fully saturated rings. The zero-order valence-corrected chi connectivity index (χ0v) is 11.5. The maximum absolute atomic E-state index is 11.3. The molecular weight excluding hydrogens is 248 g/mol. The van der Waals surface area contributed by atoms with Gasteiger partial charge in [0.15, 0.2) is 5.76 Å². The molecule has 0 unspecified atom stereocenters. The molecule has 0 aromatic carbocycles. The summed E-state index contributed by atoms with van der Waals surface area (Å²) < 4.78 is 5.38. The number of nitrogens with two attached hydrogens (primary N) is 1. The number of carbonyl (C=O) groups is 1. The summed E-state index contributed by atoms with van der Waals surface area (Å²) in [6.07, 6.45) is 5.52. The first-order chi connectivity index (χ1) is 8.70. The summed E-state index contributed by atoms with van der Waals surface area (Å²) in [6.45, 7) is 1.89. The highest BCUT2D eigenvalue weighted by atomic mass is 32.2. The highest BCUT2D eigenvalue weighted by molar-refractivity contribution is 7.98. The number of thioether (sulfide) groups is 1. The second kappa shape index (κ2) is 6.29. The van der Waals surface area contributed by atoms with Crippen LogP contribution in [0.2, 0.25) is 0 Å². The number of hydrazine groups is 1. The summed E-state index contributed by atoms with van der Waals surface area (Å²) >= 11 is 1.93. The Hall–Kier alpha value is -0.940. The molecule has 4 nitrogen and oxygen atoms in total. The van der Waals surface area contributed by atoms with Gasteiger partial charge >= 0.3 is 5.91 Å². The van der Waals surface area contributed by atoms with Crippen LogP contribution in [-0.2, 0) is 5.75 Å². The molecule has 18 heavy (non-hydrogen) atoms. The summed E-state index contributed by atoms with van der Waals surface area (Å²) in [5.41, 5.74) is 3.18. The van der Waals surface area contributed by atoms with Crippen molar-refractivity contribution in [1.82, 2.24) is 5.43 Å². The number of aryl methyl sites for hydroxylation is 1. The van der Waals surface area contributed by atoms with E-state index >= 15 is 0 Å². The van der Waals surface area contributed by atoms with Gasteiger partial charge in [0, 0.05) is 11.3 Å². The first-order valence-electron chi connectivity index (χ1n) is 6.38. The molecule has 1 amide bonds. The molecule has 0 bridgehead atoms. The van der Waals surface area contributed by atoms with Crippen LogP contribution in [0.4, 0.5) is 0 Å². The van der Waals surface area contributed by atoms with Crippen LogP contribution in [0.5, 0.6) is 0 Å². The first kappa shape index (κ1) is 13.5. The van der Waals surface area contributed by atoms with E-state index < -0.39 is 0 Å². The van der Waals surface area contributed by atoms with E-state index in [4.69, 9.17) is 10.3 Å². The number of furan rings is 1. The van der Waals surface area contributed by atoms with E-state index in [-0.39, 0.29) is 5.91 Å². The third-order valence-electron chi connectivity index (χ3n) is 3.46. The molecule has 5 heteroatoms. The van der Waals surface area contributed by atoms with Crippen molar-refractivity contribution in [2.45, 2.75) is 38.4 Å². The van der Waals surface area contributed by atoms with E-state index in [1.165, 1.54) is 31.4 Å². The van der Waals surface area contributed by atoms with E-state index in [1.54, 1.807) is 6.07 Å². The van der Waals surface area contributed by atoms with Gasteiger partial charge in [-0.15, -0.1) is 0 Å². The fourth-order valence-corrected chi connectivity index (χ4v) is 3.65. The second-order valence-electron chi connectivity index (χ2n) is 4.83. The van der Waals surface area contributed by atoms with Gasteiger partial charge in [-0.25, -0.2) is 5.84 Å². The van der Waals surface area contributed by atoms with Gasteiger partial charge in [-0.05, 0) is 37.5 Å². The molecule has 0 spiro atoms. The second-order valence-corrected chi connectivity index (χ2v) is 5.86. The maximum Gasteiger partial charge on any atom is 0.300 e. The van der Waals surface area contributed by atoms with Gasteiger partial charge in [-0.1, -0.05) is 12.8 Å². The van der Waals surface area contributed by atoms with Gasteiger partial charge in [-0.2, -0.15) is 11.8 Å². The topological polar surface area (TPSA) is 68.3 Å². The molecule has 0 saturated heterocycles. The van der Waals surface area contributed by atoms with Crippen LogP contribution in [0.1, 0.15) is 47.6 Å². The molecule has 1 aromatic heterocycles. The van der Waals surface area contributed by atoms with Crippen molar-refractivity contribution in [2.24, 2.45) is 11.8 Å². The zero-order valence-electron chi connectivity index (χ0n) is 10.7. The van der Waals surface area contributed by atoms with Crippen LogP contribution in [0, 0.1) is 12.8 Å². The lowest BCUT2D eigenvalue weighted by Crippen LogP contribution is -2.29. The van der Waals surface area contributed by atoms with Crippen LogP contribution in [-0.4, -0.2) is 11.7 Å². The Morgan fingerprint density at radius 3 is 2.94 bits per heavy atom. The van der Waals surface area contributed by atoms with Gasteiger partial charge in [0.05, 0.1) is 0 Å². The average Bonchev–Trinajstić information content (AvgIpc) is 2.99. The molecular formula is C13H20N2O2S. The number of rotatable bonds is 5. The lowest BCUT2D eigenvalue weighted by atomic mass is 10.1. The minimum Gasteiger partial charge on any atom is -0.456 e. The Morgan fingerprint density at radius 1 is 1.56 bits per heavy atom. The standard InChI is InChI=1S/C13H20N2O2S/c1-9-11(6-12(17-9)13(16)15-14)8-18-7-10-4-2-3-5-10/h6,10H,2-5,7-8,14H2,1H3,(H,15,16). The Labute approximate surface area is 112 Å². The molecule has 2 rings (SSSR count). The molecule has 1 aliphatic rings. The SMILES string of the molecule is Cc1oc(C(=O)NN)cc1CSCC1CCCC1. The summed E-state index contributed by atoms with van der Waals surface area (Å²) in [7, 11) is 0. The van der Waals surface area contributed by atoms with Gasteiger partial charge < -0.3 is 4.42 Å². The van der Waals surface area contributed by atoms with E-state index in [1.807, 2.05) is 18.7 Å². The van der Waals surface area contributed by atoms with Crippen LogP contribution in [0.25, 0.3) is 0 Å². The number of hydrogen-bond donors (Lipinski definition) is 2. The summed E-state index contributed by atoms with van der Waals surface area (Å²) in [5, 5.41) is 0. The number of nitrogens with one attached hydrogen (secondary N) is 1. The van der Waals surface area contributed by atoms with Gasteiger partial charge in [0.25, 0.3) is 0 Å². The number of hydrogen-bond acceptors (Lipinski definition) is 4. The van der Waals surface area contributed by atoms with Crippen molar-refractivity contribution in [3.63, 3.8) is 0 Å². The smallest absolute Gasteiger partial charge is 0.300 e. The molecule has 1 saturated carbocycles. The molecule has 3 N–H and O–H groups in total. The highest BCUT2D eigenvalue weighted by Crippen LogP contribution is 2.29. The highest BCUT2D eigenvalue weighted by Gasteiger charge is 2.16. The molecule has 1 aromatic rings. The quantitative estimate of drug-likeness (QED) is 0.489. The zero-order chi connectivity index (χ0) is 13.0. The number of nitrogen functional groups attached to an aromatic ring is 1. The van der Waals surface area contributed by atoms with Crippen LogP contribution in [0.3, 0.4) is 0 Å². The molecule has 0 radical (unpaired) electrons. The van der Waals surface area contributed by atoms with E-state index in [2.05, 4.69) is 5.43 Å². The fourth-order valence-electron chi connectivity index (χ4n) is 2.36. The molecule has 0 atom stereocenters. The Balaban J connectivity index is 1.84. The number of amides is 1. The van der Waals surface area contributed by atoms with Gasteiger partial charge in [-0.3, -0.25) is 10.2 Å². The third-order valence-corrected chi connectivity index (χ3v) is 4.68. The predicted octanol–water partition coefficient (Wildman–Crippen LogP) is 2.61. The van der Waals surface area contributed by atoms with Crippen LogP contribution in [0.15, 0.2) is 10.5 Å². The normalized spacial score (nSPS) is 16.1. The fraction of sp³-hybridized carbons (Fsp3) is 0.615. The largest absolute Gasteiger partial charge is 0.456 e. The van der Waals surface area contributed by atoms with E-state index in [9.17, 15) is 4.79 Å². The summed E-state index contributed by atoms with van der Waals surface area (Å²) in [5.74, 6) is 8.82. The van der Waals surface area contributed by atoms with Crippen LogP contribution < -0.4 is 11.3 Å². The van der Waals surface area contributed by atoms with Gasteiger partial charge in [0.1, 0.15) is 5.76 Å². The van der Waals surface area contributed by atoms with E-state index in [0.29, 0.717) is 5.76 Å². The average molecular weight is 268 g/mol. The van der Waals surface area contributed by atoms with Crippen molar-refractivity contribution in [3.05, 3.63) is 23.2 Å². The van der Waals surface area contributed by atoms with Crippen molar-refractivity contribution in [3.8, 4) is 0 Å². The Bertz CT molecular complexity index is 411. The van der Waals surface area contributed by atoms with Crippen LogP contribution >= 0.6 is 11.8 Å². The summed E-state index contributed by atoms with van der Waals surface area (Å²) in [6, 6.07) is 1.79. The van der Waals surface area contributed by atoms with E-state index in [0.717, 1.165) is 23.0 Å². The lowest BCUT2D eigenvalue weighted by molar-refractivity contribution is 0.0924. The predicted molar refractivity (Wildman–Crippen MR) is 73.2 cm³/mol. The minimum atomic E-state index is -0.370. The van der Waals surface area contributed by atoms with Crippen molar-refractivity contribution >= 4 is 17.7 Å². The lowest BCUT2D eigenvalue weighted by Gasteiger charge is -2.07. The van der Waals surface area contributed by atoms with Crippen molar-refractivity contribution < 1.29 is 9.21 Å². The first-order valence-corrected chi connectivity index (χ1v) is 7.54. The Kier molecular flexibility index (Phi) is 4.72. The van der Waals surface area contributed by atoms with Gasteiger partial charge in [0.2, 0.25) is 0 Å². The Morgan fingerprint density at radius 2 is 2.28 bits per heavy atom. The van der Waals surface area contributed by atoms with Crippen molar-refractivity contribution in [1.29, 1.82) is 0 Å². The molecule has 0 aliphatic heterocycles. The minimum absolute atomic E-state index is 0.298. The molecule has 1 aliphatic carbocycles.